The maximum Gasteiger partial charge on any atom is 0.293 e. The fourth-order valence-corrected chi connectivity index (χ4v) is 6.40. The summed E-state index contributed by atoms with van der Waals surface area (Å²) in [5, 5.41) is 10.9. The average Bonchev–Trinajstić information content (AvgIpc) is 3.79. The van der Waals surface area contributed by atoms with Crippen LogP contribution < -0.4 is 10.6 Å². The Labute approximate surface area is 273 Å². The van der Waals surface area contributed by atoms with E-state index in [9.17, 15) is 9.59 Å². The number of imidazole rings is 1. The van der Waals surface area contributed by atoms with Gasteiger partial charge in [0.25, 0.3) is 12.9 Å². The van der Waals surface area contributed by atoms with Crippen molar-refractivity contribution < 1.29 is 28.3 Å². The van der Waals surface area contributed by atoms with Crippen molar-refractivity contribution in [2.75, 3.05) is 36.8 Å². The van der Waals surface area contributed by atoms with Gasteiger partial charge in [0, 0.05) is 29.3 Å². The van der Waals surface area contributed by atoms with Gasteiger partial charge >= 0.3 is 0 Å². The minimum Gasteiger partial charge on any atom is -0.457 e. The van der Waals surface area contributed by atoms with Gasteiger partial charge in [-0.15, -0.1) is 0 Å². The molecule has 0 bridgehead atoms. The van der Waals surface area contributed by atoms with Crippen LogP contribution in [0.3, 0.4) is 0 Å². The lowest BCUT2D eigenvalue weighted by atomic mass is 10.1. The van der Waals surface area contributed by atoms with E-state index in [1.165, 1.54) is 19.3 Å². The summed E-state index contributed by atoms with van der Waals surface area (Å²) in [5.74, 6) is 1.29. The maximum atomic E-state index is 11.7. The van der Waals surface area contributed by atoms with Crippen LogP contribution in [0.2, 0.25) is 0 Å². The zero-order valence-corrected chi connectivity index (χ0v) is 27.0. The molecule has 2 fully saturated rings. The van der Waals surface area contributed by atoms with Crippen molar-refractivity contribution in [3.05, 3.63) is 57.2 Å². The van der Waals surface area contributed by atoms with Gasteiger partial charge < -0.3 is 34.3 Å². The van der Waals surface area contributed by atoms with Crippen molar-refractivity contribution in [1.29, 1.82) is 0 Å². The predicted octanol–water partition coefficient (Wildman–Crippen LogP) is 3.84. The summed E-state index contributed by atoms with van der Waals surface area (Å²) in [5.41, 5.74) is 2.73. The third-order valence-corrected chi connectivity index (χ3v) is 8.71. The number of nitrogens with zero attached hydrogens (tertiary/aromatic N) is 6. The van der Waals surface area contributed by atoms with E-state index < -0.39 is 24.5 Å². The van der Waals surface area contributed by atoms with Crippen LogP contribution in [0, 0.1) is 3.57 Å². The summed E-state index contributed by atoms with van der Waals surface area (Å²) < 4.78 is 25.6. The van der Waals surface area contributed by atoms with Crippen molar-refractivity contribution >= 4 is 58.5 Å². The highest BCUT2D eigenvalue weighted by Crippen LogP contribution is 2.43. The van der Waals surface area contributed by atoms with Gasteiger partial charge in [-0.25, -0.2) is 4.98 Å². The second-order valence-corrected chi connectivity index (χ2v) is 12.2. The smallest absolute Gasteiger partial charge is 0.293 e. The first-order valence-electron chi connectivity index (χ1n) is 15.1. The minimum absolute atomic E-state index is 0.299. The molecule has 4 atom stereocenters. The van der Waals surface area contributed by atoms with E-state index >= 15 is 0 Å². The first kappa shape index (κ1) is 31.2. The van der Waals surface area contributed by atoms with Gasteiger partial charge in [0.15, 0.2) is 47.3 Å². The Morgan fingerprint density at radius 3 is 2.64 bits per heavy atom. The maximum absolute atomic E-state index is 11.7. The highest BCUT2D eigenvalue weighted by molar-refractivity contribution is 14.1. The van der Waals surface area contributed by atoms with Crippen molar-refractivity contribution in [1.82, 2.24) is 29.6 Å². The molecule has 2 N–H and O–H groups in total. The number of anilines is 2. The van der Waals surface area contributed by atoms with Crippen molar-refractivity contribution in [3.8, 4) is 0 Å². The Morgan fingerprint density at radius 1 is 1.07 bits per heavy atom. The molecule has 238 valence electrons. The third-order valence-electron chi connectivity index (χ3n) is 8.04. The standard InChI is InChI=1S/C30H35IN8O6/c1-2-21-14-22(45-37-21)24-25(42-17-40)26(43-18-41)29(44-24)39-16-34-23-27(33-15-19-7-6-8-20(31)13-19)35-30(36-28(23)39)32-9-12-38-10-4-3-5-11-38/h6-8,13-14,16-18,24-26,29H,2-5,9-12,15H2,1H3,(H2,32,33,35,36)/t24-,25+,26-,29-/m1/s1. The van der Waals surface area contributed by atoms with Crippen LogP contribution in [0.5, 0.6) is 0 Å². The molecule has 15 heteroatoms. The van der Waals surface area contributed by atoms with Crippen molar-refractivity contribution in [2.24, 2.45) is 0 Å². The molecule has 4 aromatic rings. The first-order chi connectivity index (χ1) is 22.1. The summed E-state index contributed by atoms with van der Waals surface area (Å²) in [6.07, 6.45) is 2.01. The number of carbonyl (C=O) groups is 2. The van der Waals surface area contributed by atoms with Crippen LogP contribution in [0.15, 0.2) is 41.2 Å². The molecule has 45 heavy (non-hydrogen) atoms. The molecule has 2 saturated heterocycles. The number of likely N-dealkylation sites (tertiary alicyclic amines) is 1. The topological polar surface area (TPSA) is 159 Å². The Bertz CT molecular complexity index is 1610. The van der Waals surface area contributed by atoms with E-state index in [2.05, 4.69) is 54.3 Å². The lowest BCUT2D eigenvalue weighted by Crippen LogP contribution is -2.34. The van der Waals surface area contributed by atoms with Crippen molar-refractivity contribution in [2.45, 2.75) is 63.7 Å². The van der Waals surface area contributed by atoms with E-state index in [1.807, 2.05) is 25.1 Å². The predicted molar refractivity (Wildman–Crippen MR) is 171 cm³/mol. The Balaban J connectivity index is 1.34. The minimum atomic E-state index is -1.03. The molecule has 0 aliphatic carbocycles. The van der Waals surface area contributed by atoms with Gasteiger partial charge in [0.2, 0.25) is 5.95 Å². The van der Waals surface area contributed by atoms with Gasteiger partial charge in [-0.3, -0.25) is 14.2 Å². The molecule has 2 aliphatic heterocycles. The van der Waals surface area contributed by atoms with E-state index in [1.54, 1.807) is 17.0 Å². The van der Waals surface area contributed by atoms with Gasteiger partial charge in [-0.05, 0) is 72.6 Å². The number of carbonyl (C=O) groups excluding carboxylic acids is 2. The van der Waals surface area contributed by atoms with Crippen LogP contribution in [0.4, 0.5) is 11.8 Å². The van der Waals surface area contributed by atoms with Gasteiger partial charge in [-0.1, -0.05) is 30.6 Å². The number of hydrogen-bond donors (Lipinski definition) is 2. The van der Waals surface area contributed by atoms with Gasteiger partial charge in [0.05, 0.1) is 12.0 Å². The Kier molecular flexibility index (Phi) is 10.0. The monoisotopic (exact) mass is 730 g/mol. The van der Waals surface area contributed by atoms with Crippen LogP contribution >= 0.6 is 22.6 Å². The van der Waals surface area contributed by atoms with E-state index in [4.69, 9.17) is 28.7 Å². The molecule has 3 aromatic heterocycles. The fourth-order valence-electron chi connectivity index (χ4n) is 5.79. The number of piperidine rings is 1. The van der Waals surface area contributed by atoms with E-state index in [0.717, 1.165) is 28.8 Å². The summed E-state index contributed by atoms with van der Waals surface area (Å²) >= 11 is 2.29. The number of nitrogens with one attached hydrogen (secondary N) is 2. The van der Waals surface area contributed by atoms with Gasteiger partial charge in [0.1, 0.15) is 0 Å². The number of ether oxygens (including phenoxy) is 3. The third kappa shape index (κ3) is 7.04. The molecule has 6 rings (SSSR count). The molecule has 0 amide bonds. The highest BCUT2D eigenvalue weighted by Gasteiger charge is 2.51. The fraction of sp³-hybridized carbons (Fsp3) is 0.467. The number of fused-ring (bicyclic) bond motifs is 1. The normalized spacial score (nSPS) is 21.9. The van der Waals surface area contributed by atoms with Crippen molar-refractivity contribution in [3.63, 3.8) is 0 Å². The molecule has 0 spiro atoms. The second-order valence-electron chi connectivity index (χ2n) is 10.9. The average molecular weight is 731 g/mol. The molecule has 2 aliphatic rings. The molecule has 1 aromatic carbocycles. The lowest BCUT2D eigenvalue weighted by Gasteiger charge is -2.26. The molecular weight excluding hydrogens is 695 g/mol. The molecule has 0 unspecified atom stereocenters. The quantitative estimate of drug-likeness (QED) is 0.143. The number of rotatable bonds is 14. The number of halogens is 1. The molecule has 0 radical (unpaired) electrons. The molecular formula is C30H35IN8O6. The summed E-state index contributed by atoms with van der Waals surface area (Å²) in [7, 11) is 0. The largest absolute Gasteiger partial charge is 0.457 e. The van der Waals surface area contributed by atoms with E-state index in [0.29, 0.717) is 66.8 Å². The first-order valence-corrected chi connectivity index (χ1v) is 16.1. The molecule has 5 heterocycles. The lowest BCUT2D eigenvalue weighted by molar-refractivity contribution is -0.151. The van der Waals surface area contributed by atoms with Crippen LogP contribution in [-0.4, -0.2) is 80.9 Å². The summed E-state index contributed by atoms with van der Waals surface area (Å²) in [4.78, 5) is 39.9. The van der Waals surface area contributed by atoms with Crippen LogP contribution in [-0.2, 0) is 36.8 Å². The molecule has 0 saturated carbocycles. The zero-order valence-electron chi connectivity index (χ0n) is 24.8. The molecule has 14 nitrogen and oxygen atoms in total. The zero-order chi connectivity index (χ0) is 31.2. The highest BCUT2D eigenvalue weighted by atomic mass is 127. The SMILES string of the molecule is CCc1cc([C@H]2O[C@@H](n3cnc4c(NCc5cccc(I)c5)nc(NCCN5CCCCC5)nc43)[C@H](OC=O)[C@H]2OC=O)on1. The summed E-state index contributed by atoms with van der Waals surface area (Å²) in [6, 6.07) is 9.91. The van der Waals surface area contributed by atoms with Crippen LogP contribution in [0.25, 0.3) is 11.2 Å². The van der Waals surface area contributed by atoms with Crippen LogP contribution in [0.1, 0.15) is 55.5 Å². The number of hydrogen-bond acceptors (Lipinski definition) is 13. The van der Waals surface area contributed by atoms with Gasteiger partial charge in [-0.2, -0.15) is 9.97 Å². The number of aryl methyl sites for hydroxylation is 1. The number of aromatic nitrogens is 5. The Hall–Kier alpha value is -3.83. The van der Waals surface area contributed by atoms with E-state index in [-0.39, 0.29) is 0 Å². The summed E-state index contributed by atoms with van der Waals surface area (Å²) in [6.45, 7) is 6.77. The Morgan fingerprint density at radius 2 is 1.89 bits per heavy atom. The second kappa shape index (κ2) is 14.5. The number of benzene rings is 1.